The molecule has 0 unspecified atom stereocenters. The highest BCUT2D eigenvalue weighted by Crippen LogP contribution is 2.21. The van der Waals surface area contributed by atoms with E-state index in [2.05, 4.69) is 12.2 Å². The molecular formula is C13H20F3NO2. The first-order valence-electron chi connectivity index (χ1n) is 6.44. The Bertz CT molecular complexity index is 350. The summed E-state index contributed by atoms with van der Waals surface area (Å²) in [5, 5.41) is 3.20. The van der Waals surface area contributed by atoms with E-state index >= 15 is 0 Å². The quantitative estimate of drug-likeness (QED) is 0.701. The molecule has 0 aliphatic carbocycles. The molecule has 0 saturated heterocycles. The van der Waals surface area contributed by atoms with Gasteiger partial charge in [-0.15, -0.1) is 0 Å². The first-order valence-corrected chi connectivity index (χ1v) is 6.44. The lowest BCUT2D eigenvalue weighted by atomic mass is 10.3. The van der Waals surface area contributed by atoms with Crippen LogP contribution in [0, 0.1) is 0 Å². The van der Waals surface area contributed by atoms with E-state index < -0.39 is 12.6 Å². The fourth-order valence-corrected chi connectivity index (χ4v) is 1.53. The summed E-state index contributed by atoms with van der Waals surface area (Å²) in [4.78, 5) is 0. The lowest BCUT2D eigenvalue weighted by molar-refractivity contribution is -0.138. The number of rotatable bonds is 9. The van der Waals surface area contributed by atoms with Gasteiger partial charge in [0.25, 0.3) is 0 Å². The Kier molecular flexibility index (Phi) is 6.94. The summed E-state index contributed by atoms with van der Waals surface area (Å²) in [7, 11) is 0. The van der Waals surface area contributed by atoms with Gasteiger partial charge in [0.1, 0.15) is 18.1 Å². The van der Waals surface area contributed by atoms with Crippen LogP contribution in [-0.4, -0.2) is 19.3 Å². The summed E-state index contributed by atoms with van der Waals surface area (Å²) < 4.78 is 46.2. The van der Waals surface area contributed by atoms with Crippen LogP contribution in [0.4, 0.5) is 13.2 Å². The standard InChI is InChI=1S/C13H20F3NO2/c1-2-7-17-9-11-4-5-12(19-11)10-18-8-3-6-13(14,15)16/h4-5,17H,2-3,6-10H2,1H3. The smallest absolute Gasteiger partial charge is 0.389 e. The van der Waals surface area contributed by atoms with Crippen LogP contribution in [0.25, 0.3) is 0 Å². The van der Waals surface area contributed by atoms with Crippen molar-refractivity contribution in [3.8, 4) is 0 Å². The SMILES string of the molecule is CCCNCc1ccc(COCCCC(F)(F)F)o1. The number of hydrogen-bond acceptors (Lipinski definition) is 3. The minimum absolute atomic E-state index is 0.0187. The zero-order chi connectivity index (χ0) is 14.1. The molecule has 110 valence electrons. The van der Waals surface area contributed by atoms with Crippen molar-refractivity contribution in [1.82, 2.24) is 5.32 Å². The number of nitrogens with one attached hydrogen (secondary N) is 1. The summed E-state index contributed by atoms with van der Waals surface area (Å²) in [6, 6.07) is 3.63. The summed E-state index contributed by atoms with van der Waals surface area (Å²) in [6.45, 7) is 3.95. The Morgan fingerprint density at radius 1 is 1.26 bits per heavy atom. The number of alkyl halides is 3. The Morgan fingerprint density at radius 2 is 2.00 bits per heavy atom. The normalized spacial score (nSPS) is 12.0. The van der Waals surface area contributed by atoms with Crippen molar-refractivity contribution in [1.29, 1.82) is 0 Å². The minimum Gasteiger partial charge on any atom is -0.462 e. The third-order valence-corrected chi connectivity index (χ3v) is 2.44. The fourth-order valence-electron chi connectivity index (χ4n) is 1.53. The maximum absolute atomic E-state index is 11.9. The molecule has 1 rings (SSSR count). The van der Waals surface area contributed by atoms with Gasteiger partial charge in [0, 0.05) is 13.0 Å². The van der Waals surface area contributed by atoms with Gasteiger partial charge in [-0.2, -0.15) is 13.2 Å². The van der Waals surface area contributed by atoms with E-state index in [0.717, 1.165) is 18.7 Å². The Labute approximate surface area is 111 Å². The molecule has 0 atom stereocenters. The van der Waals surface area contributed by atoms with Crippen LogP contribution in [0.5, 0.6) is 0 Å². The van der Waals surface area contributed by atoms with Crippen molar-refractivity contribution < 1.29 is 22.3 Å². The molecular weight excluding hydrogens is 259 g/mol. The first-order chi connectivity index (χ1) is 9.01. The molecule has 1 aromatic rings. The molecule has 0 amide bonds. The molecule has 0 saturated carbocycles. The molecule has 19 heavy (non-hydrogen) atoms. The van der Waals surface area contributed by atoms with Gasteiger partial charge in [-0.3, -0.25) is 0 Å². The summed E-state index contributed by atoms with van der Waals surface area (Å²) >= 11 is 0. The van der Waals surface area contributed by atoms with E-state index in [1.54, 1.807) is 6.07 Å². The molecule has 0 aliphatic heterocycles. The zero-order valence-corrected chi connectivity index (χ0v) is 11.1. The van der Waals surface area contributed by atoms with Gasteiger partial charge in [-0.25, -0.2) is 0 Å². The molecule has 1 heterocycles. The van der Waals surface area contributed by atoms with Gasteiger partial charge >= 0.3 is 6.18 Å². The lowest BCUT2D eigenvalue weighted by Gasteiger charge is -2.05. The molecule has 0 aliphatic rings. The zero-order valence-electron chi connectivity index (χ0n) is 11.1. The van der Waals surface area contributed by atoms with Gasteiger partial charge in [-0.05, 0) is 31.5 Å². The van der Waals surface area contributed by atoms with Crippen LogP contribution in [0.3, 0.4) is 0 Å². The summed E-state index contributed by atoms with van der Waals surface area (Å²) in [5.41, 5.74) is 0. The van der Waals surface area contributed by atoms with Crippen LogP contribution in [0.1, 0.15) is 37.7 Å². The van der Waals surface area contributed by atoms with Gasteiger partial charge in [0.2, 0.25) is 0 Å². The summed E-state index contributed by atoms with van der Waals surface area (Å²) in [6.07, 6.45) is -3.88. The van der Waals surface area contributed by atoms with Crippen LogP contribution in [0.2, 0.25) is 0 Å². The number of ether oxygens (including phenoxy) is 1. The Balaban J connectivity index is 2.12. The molecule has 0 radical (unpaired) electrons. The second kappa shape index (κ2) is 8.22. The van der Waals surface area contributed by atoms with E-state index in [-0.39, 0.29) is 19.6 Å². The van der Waals surface area contributed by atoms with Crippen LogP contribution in [-0.2, 0) is 17.9 Å². The predicted octanol–water partition coefficient (Wildman–Crippen LogP) is 3.64. The van der Waals surface area contributed by atoms with Crippen molar-refractivity contribution >= 4 is 0 Å². The maximum atomic E-state index is 11.9. The third kappa shape index (κ3) is 7.89. The number of hydrogen-bond donors (Lipinski definition) is 1. The predicted molar refractivity (Wildman–Crippen MR) is 65.7 cm³/mol. The second-order valence-corrected chi connectivity index (χ2v) is 4.32. The van der Waals surface area contributed by atoms with E-state index in [1.165, 1.54) is 0 Å². The fraction of sp³-hybridized carbons (Fsp3) is 0.692. The highest BCUT2D eigenvalue weighted by Gasteiger charge is 2.25. The van der Waals surface area contributed by atoms with Crippen molar-refractivity contribution in [2.24, 2.45) is 0 Å². The molecule has 0 aromatic carbocycles. The lowest BCUT2D eigenvalue weighted by Crippen LogP contribution is -2.13. The van der Waals surface area contributed by atoms with Gasteiger partial charge < -0.3 is 14.5 Å². The van der Waals surface area contributed by atoms with Crippen LogP contribution in [0.15, 0.2) is 16.5 Å². The third-order valence-electron chi connectivity index (χ3n) is 2.44. The molecule has 1 aromatic heterocycles. The number of halogens is 3. The summed E-state index contributed by atoms with van der Waals surface area (Å²) in [5.74, 6) is 1.45. The maximum Gasteiger partial charge on any atom is 0.389 e. The van der Waals surface area contributed by atoms with Crippen LogP contribution < -0.4 is 5.32 Å². The molecule has 1 N–H and O–H groups in total. The second-order valence-electron chi connectivity index (χ2n) is 4.32. The van der Waals surface area contributed by atoms with E-state index in [0.29, 0.717) is 12.3 Å². The Hall–Kier alpha value is -1.01. The van der Waals surface area contributed by atoms with Crippen LogP contribution >= 0.6 is 0 Å². The molecule has 0 spiro atoms. The van der Waals surface area contributed by atoms with Crippen molar-refractivity contribution in [2.45, 2.75) is 45.5 Å². The molecule has 0 bridgehead atoms. The highest BCUT2D eigenvalue weighted by atomic mass is 19.4. The van der Waals surface area contributed by atoms with Crippen molar-refractivity contribution in [2.75, 3.05) is 13.2 Å². The van der Waals surface area contributed by atoms with E-state index in [1.807, 2.05) is 6.07 Å². The van der Waals surface area contributed by atoms with Gasteiger partial charge in [-0.1, -0.05) is 6.92 Å². The first kappa shape index (κ1) is 16.0. The molecule has 3 nitrogen and oxygen atoms in total. The largest absolute Gasteiger partial charge is 0.462 e. The molecule has 0 fully saturated rings. The van der Waals surface area contributed by atoms with E-state index in [4.69, 9.17) is 9.15 Å². The topological polar surface area (TPSA) is 34.4 Å². The average molecular weight is 279 g/mol. The Morgan fingerprint density at radius 3 is 2.68 bits per heavy atom. The van der Waals surface area contributed by atoms with Gasteiger partial charge in [0.15, 0.2) is 0 Å². The van der Waals surface area contributed by atoms with Gasteiger partial charge in [0.05, 0.1) is 6.54 Å². The average Bonchev–Trinajstić information content (AvgIpc) is 2.75. The highest BCUT2D eigenvalue weighted by molar-refractivity contribution is 5.06. The van der Waals surface area contributed by atoms with E-state index in [9.17, 15) is 13.2 Å². The van der Waals surface area contributed by atoms with Crippen molar-refractivity contribution in [3.63, 3.8) is 0 Å². The molecule has 6 heteroatoms. The minimum atomic E-state index is -4.11. The van der Waals surface area contributed by atoms with Crippen molar-refractivity contribution in [3.05, 3.63) is 23.7 Å². The number of furan rings is 1. The monoisotopic (exact) mass is 279 g/mol.